The zero-order valence-electron chi connectivity index (χ0n) is 16.7. The van der Waals surface area contributed by atoms with E-state index in [-0.39, 0.29) is 23.8 Å². The van der Waals surface area contributed by atoms with Crippen molar-refractivity contribution in [2.45, 2.75) is 31.9 Å². The van der Waals surface area contributed by atoms with Gasteiger partial charge >= 0.3 is 0 Å². The third-order valence-electron chi connectivity index (χ3n) is 5.25. The number of fused-ring (bicyclic) bond motifs is 1. The van der Waals surface area contributed by atoms with Gasteiger partial charge in [0.05, 0.1) is 46.6 Å². The van der Waals surface area contributed by atoms with Crippen LogP contribution in [0.4, 0.5) is 0 Å². The number of nitrogens with one attached hydrogen (secondary N) is 1. The first-order valence-corrected chi connectivity index (χ1v) is 10.7. The first-order valence-electron chi connectivity index (χ1n) is 9.91. The van der Waals surface area contributed by atoms with E-state index in [4.69, 9.17) is 14.5 Å². The highest BCUT2D eigenvalue weighted by molar-refractivity contribution is 7.18. The van der Waals surface area contributed by atoms with Gasteiger partial charge < -0.3 is 14.8 Å². The Kier molecular flexibility index (Phi) is 6.22. The molecule has 2 aromatic heterocycles. The number of ether oxygens (including phenoxy) is 2. The first kappa shape index (κ1) is 20.0. The molecule has 154 valence electrons. The largest absolute Gasteiger partial charge is 0.383 e. The minimum absolute atomic E-state index is 0.0325. The Morgan fingerprint density at radius 1 is 1.45 bits per heavy atom. The molecule has 7 nitrogen and oxygen atoms in total. The fourth-order valence-corrected chi connectivity index (χ4v) is 4.61. The summed E-state index contributed by atoms with van der Waals surface area (Å²) in [6, 6.07) is 8.12. The lowest BCUT2D eigenvalue weighted by Crippen LogP contribution is -2.34. The molecule has 1 aliphatic rings. The minimum atomic E-state index is -0.246. The summed E-state index contributed by atoms with van der Waals surface area (Å²) in [5, 5.41) is 8.50. The summed E-state index contributed by atoms with van der Waals surface area (Å²) < 4.78 is 14.0. The van der Waals surface area contributed by atoms with Crippen LogP contribution in [-0.2, 0) is 20.8 Å². The van der Waals surface area contributed by atoms with Gasteiger partial charge in [-0.1, -0.05) is 19.1 Å². The van der Waals surface area contributed by atoms with Crippen LogP contribution in [0, 0.1) is 5.92 Å². The highest BCUT2D eigenvalue weighted by atomic mass is 32.1. The number of nitrogens with zero attached hydrogens (tertiary/aromatic N) is 3. The molecule has 0 bridgehead atoms. The van der Waals surface area contributed by atoms with Crippen LogP contribution < -0.4 is 5.32 Å². The van der Waals surface area contributed by atoms with Crippen molar-refractivity contribution in [2.24, 2.45) is 5.92 Å². The number of hydrogen-bond donors (Lipinski definition) is 1. The Morgan fingerprint density at radius 2 is 2.31 bits per heavy atom. The summed E-state index contributed by atoms with van der Waals surface area (Å²) >= 11 is 1.69. The van der Waals surface area contributed by atoms with Gasteiger partial charge in [0.25, 0.3) is 0 Å². The third-order valence-corrected chi connectivity index (χ3v) is 6.52. The maximum Gasteiger partial charge on any atom is 0.226 e. The fraction of sp³-hybridized carbons (Fsp3) is 0.476. The van der Waals surface area contributed by atoms with E-state index < -0.39 is 0 Å². The number of rotatable bonds is 8. The molecule has 29 heavy (non-hydrogen) atoms. The van der Waals surface area contributed by atoms with Crippen LogP contribution in [0.5, 0.6) is 0 Å². The standard InChI is InChI=1S/C21H26N4O3S/c1-14(21-24-17-5-3-4-6-18(17)29-21)11-22-20(26)16-7-9-28-19(16)15-12-23-25(13-15)8-10-27-2/h3-6,12-14,16,19H,7-11H2,1-2H3,(H,22,26)/t14-,16+,19-/m1/s1. The lowest BCUT2D eigenvalue weighted by molar-refractivity contribution is -0.126. The quantitative estimate of drug-likeness (QED) is 0.613. The molecule has 3 heterocycles. The number of carbonyl (C=O) groups is 1. The maximum absolute atomic E-state index is 12.9. The van der Waals surface area contributed by atoms with Crippen LogP contribution in [0.3, 0.4) is 0 Å². The molecule has 1 saturated heterocycles. The predicted molar refractivity (Wildman–Crippen MR) is 112 cm³/mol. The van der Waals surface area contributed by atoms with Crippen molar-refractivity contribution < 1.29 is 14.3 Å². The Balaban J connectivity index is 1.36. The lowest BCUT2D eigenvalue weighted by Gasteiger charge is -2.18. The number of para-hydroxylation sites is 1. The Bertz CT molecular complexity index is 937. The summed E-state index contributed by atoms with van der Waals surface area (Å²) in [4.78, 5) is 17.6. The van der Waals surface area contributed by atoms with Gasteiger partial charge in [-0.15, -0.1) is 11.3 Å². The van der Waals surface area contributed by atoms with Gasteiger partial charge in [0.1, 0.15) is 0 Å². The van der Waals surface area contributed by atoms with Crippen LogP contribution in [0.2, 0.25) is 0 Å². The molecule has 1 amide bonds. The normalized spacial score (nSPS) is 20.2. The Morgan fingerprint density at radius 3 is 3.14 bits per heavy atom. The van der Waals surface area contributed by atoms with Gasteiger partial charge in [0, 0.05) is 37.9 Å². The molecule has 1 aliphatic heterocycles. The molecule has 4 rings (SSSR count). The van der Waals surface area contributed by atoms with Gasteiger partial charge in [-0.05, 0) is 18.6 Å². The summed E-state index contributed by atoms with van der Waals surface area (Å²) in [5.41, 5.74) is 1.96. The first-order chi connectivity index (χ1) is 14.2. The molecule has 0 radical (unpaired) electrons. The second-order valence-electron chi connectivity index (χ2n) is 7.38. The number of benzene rings is 1. The van der Waals surface area contributed by atoms with Gasteiger partial charge in [0.15, 0.2) is 0 Å². The van der Waals surface area contributed by atoms with Crippen LogP contribution in [-0.4, -0.2) is 47.5 Å². The highest BCUT2D eigenvalue weighted by Crippen LogP contribution is 2.34. The van der Waals surface area contributed by atoms with Gasteiger partial charge in [-0.3, -0.25) is 9.48 Å². The molecule has 1 N–H and O–H groups in total. The van der Waals surface area contributed by atoms with Crippen LogP contribution in [0.25, 0.3) is 10.2 Å². The van der Waals surface area contributed by atoms with Crippen LogP contribution in [0.15, 0.2) is 36.7 Å². The number of carbonyl (C=O) groups excluding carboxylic acids is 1. The monoisotopic (exact) mass is 414 g/mol. The number of hydrogen-bond acceptors (Lipinski definition) is 6. The second kappa shape index (κ2) is 9.02. The number of thiazole rings is 1. The zero-order chi connectivity index (χ0) is 20.2. The molecule has 0 spiro atoms. The highest BCUT2D eigenvalue weighted by Gasteiger charge is 2.36. The molecule has 1 fully saturated rings. The van der Waals surface area contributed by atoms with Crippen molar-refractivity contribution in [3.05, 3.63) is 47.2 Å². The Labute approximate surface area is 174 Å². The Hall–Kier alpha value is -2.29. The minimum Gasteiger partial charge on any atom is -0.383 e. The smallest absolute Gasteiger partial charge is 0.226 e. The van der Waals surface area contributed by atoms with E-state index in [9.17, 15) is 4.79 Å². The molecule has 3 atom stereocenters. The van der Waals surface area contributed by atoms with Gasteiger partial charge in [-0.25, -0.2) is 4.98 Å². The molecular weight excluding hydrogens is 388 g/mol. The summed E-state index contributed by atoms with van der Waals surface area (Å²) in [5.74, 6) is -0.00309. The van der Waals surface area contributed by atoms with E-state index in [0.29, 0.717) is 26.3 Å². The zero-order valence-corrected chi connectivity index (χ0v) is 17.5. The van der Waals surface area contributed by atoms with Crippen molar-refractivity contribution in [1.29, 1.82) is 0 Å². The second-order valence-corrected chi connectivity index (χ2v) is 8.44. The topological polar surface area (TPSA) is 78.3 Å². The molecule has 8 heteroatoms. The van der Waals surface area contributed by atoms with E-state index in [2.05, 4.69) is 23.4 Å². The van der Waals surface area contributed by atoms with E-state index in [1.807, 2.05) is 29.1 Å². The van der Waals surface area contributed by atoms with E-state index in [1.54, 1.807) is 24.6 Å². The van der Waals surface area contributed by atoms with Crippen LogP contribution in [0.1, 0.15) is 35.9 Å². The fourth-order valence-electron chi connectivity index (χ4n) is 3.59. The van der Waals surface area contributed by atoms with Crippen molar-refractivity contribution in [1.82, 2.24) is 20.1 Å². The molecular formula is C21H26N4O3S. The SMILES string of the molecule is COCCn1cc([C@H]2OCC[C@@H]2C(=O)NC[C@@H](C)c2nc3ccccc3s2)cn1. The van der Waals surface area contributed by atoms with Crippen molar-refractivity contribution >= 4 is 27.5 Å². The predicted octanol–water partition coefficient (Wildman–Crippen LogP) is 3.14. The van der Waals surface area contributed by atoms with Crippen molar-refractivity contribution in [3.63, 3.8) is 0 Å². The average Bonchev–Trinajstić information content (AvgIpc) is 3.48. The molecule has 0 aliphatic carbocycles. The van der Waals surface area contributed by atoms with E-state index in [1.165, 1.54) is 4.70 Å². The number of methoxy groups -OCH3 is 1. The van der Waals surface area contributed by atoms with Crippen LogP contribution >= 0.6 is 11.3 Å². The van der Waals surface area contributed by atoms with E-state index in [0.717, 1.165) is 22.5 Å². The molecule has 3 aromatic rings. The van der Waals surface area contributed by atoms with Gasteiger partial charge in [0.2, 0.25) is 5.91 Å². The van der Waals surface area contributed by atoms with Crippen molar-refractivity contribution in [3.8, 4) is 0 Å². The summed E-state index contributed by atoms with van der Waals surface area (Å²) in [6.07, 6.45) is 4.20. The summed E-state index contributed by atoms with van der Waals surface area (Å²) in [6.45, 7) is 4.52. The third kappa shape index (κ3) is 4.49. The van der Waals surface area contributed by atoms with Crippen molar-refractivity contribution in [2.75, 3.05) is 26.9 Å². The average molecular weight is 415 g/mol. The number of aromatic nitrogens is 3. The van der Waals surface area contributed by atoms with Gasteiger partial charge in [-0.2, -0.15) is 5.10 Å². The summed E-state index contributed by atoms with van der Waals surface area (Å²) in [7, 11) is 1.67. The lowest BCUT2D eigenvalue weighted by atomic mass is 9.96. The molecule has 1 aromatic carbocycles. The van der Waals surface area contributed by atoms with E-state index >= 15 is 0 Å². The molecule has 0 saturated carbocycles. The molecule has 0 unspecified atom stereocenters. The maximum atomic E-state index is 12.9. The number of amides is 1.